The lowest BCUT2D eigenvalue weighted by Gasteiger charge is -2.34. The maximum Gasteiger partial charge on any atom is 0.416 e. The van der Waals surface area contributed by atoms with Gasteiger partial charge in [0.15, 0.2) is 5.82 Å². The van der Waals surface area contributed by atoms with Crippen LogP contribution in [0.5, 0.6) is 0 Å². The Kier molecular flexibility index (Phi) is 5.41. The van der Waals surface area contributed by atoms with Crippen molar-refractivity contribution in [2.75, 3.05) is 26.2 Å². The molecule has 0 bridgehead atoms. The summed E-state index contributed by atoms with van der Waals surface area (Å²) in [5, 5.41) is 9.23. The molecule has 172 valence electrons. The Morgan fingerprint density at radius 1 is 0.879 bits per heavy atom. The van der Waals surface area contributed by atoms with Crippen LogP contribution in [-0.4, -0.2) is 55.1 Å². The molecule has 10 heteroatoms. The highest BCUT2D eigenvalue weighted by atomic mass is 19.4. The van der Waals surface area contributed by atoms with E-state index in [9.17, 15) is 18.0 Å². The van der Waals surface area contributed by atoms with Gasteiger partial charge in [-0.15, -0.1) is 10.2 Å². The molecule has 4 aromatic rings. The normalized spacial score (nSPS) is 16.1. The summed E-state index contributed by atoms with van der Waals surface area (Å²) in [5.41, 5.74) is 0.930. The van der Waals surface area contributed by atoms with E-state index in [0.717, 1.165) is 55.2 Å². The number of para-hydroxylation sites is 1. The van der Waals surface area contributed by atoms with Crippen molar-refractivity contribution in [2.45, 2.75) is 19.3 Å². The van der Waals surface area contributed by atoms with Gasteiger partial charge < -0.3 is 0 Å². The fraction of sp³-hybridized carbons (Fsp3) is 0.348. The summed E-state index contributed by atoms with van der Waals surface area (Å²) in [6, 6.07) is 12.8. The summed E-state index contributed by atoms with van der Waals surface area (Å²) in [7, 11) is 1.70. The van der Waals surface area contributed by atoms with Gasteiger partial charge in [0.25, 0.3) is 5.56 Å². The third-order valence-electron chi connectivity index (χ3n) is 6.21. The Hall–Kier alpha value is -3.24. The van der Waals surface area contributed by atoms with Gasteiger partial charge in [0.1, 0.15) is 0 Å². The summed E-state index contributed by atoms with van der Waals surface area (Å²) in [6.07, 6.45) is -4.31. The molecule has 7 nitrogen and oxygen atoms in total. The highest BCUT2D eigenvalue weighted by Gasteiger charge is 2.30. The summed E-state index contributed by atoms with van der Waals surface area (Å²) in [5.74, 6) is 1.28. The van der Waals surface area contributed by atoms with E-state index in [-0.39, 0.29) is 5.56 Å². The van der Waals surface area contributed by atoms with Crippen molar-refractivity contribution in [1.82, 2.24) is 29.0 Å². The maximum atomic E-state index is 12.8. The number of nitrogens with zero attached hydrogens (tertiary/aromatic N) is 6. The number of aryl methyl sites for hydroxylation is 1. The molecule has 5 rings (SSSR count). The Labute approximate surface area is 187 Å². The molecule has 2 aromatic carbocycles. The molecule has 0 amide bonds. The number of alkyl halides is 3. The first kappa shape index (κ1) is 21.6. The minimum absolute atomic E-state index is 0.103. The predicted octanol–water partition coefficient (Wildman–Crippen LogP) is 2.92. The second kappa shape index (κ2) is 8.27. The number of fused-ring (bicyclic) bond motifs is 3. The molecule has 0 spiro atoms. The molecule has 1 saturated heterocycles. The van der Waals surface area contributed by atoms with Gasteiger partial charge in [-0.3, -0.25) is 23.6 Å². The van der Waals surface area contributed by atoms with Crippen LogP contribution in [0.4, 0.5) is 13.2 Å². The molecule has 0 atom stereocenters. The first-order valence-electron chi connectivity index (χ1n) is 10.7. The van der Waals surface area contributed by atoms with E-state index >= 15 is 0 Å². The van der Waals surface area contributed by atoms with Crippen molar-refractivity contribution in [2.24, 2.45) is 7.05 Å². The van der Waals surface area contributed by atoms with E-state index < -0.39 is 11.7 Å². The molecule has 0 radical (unpaired) electrons. The molecule has 0 unspecified atom stereocenters. The third kappa shape index (κ3) is 4.11. The van der Waals surface area contributed by atoms with Crippen molar-refractivity contribution in [3.63, 3.8) is 0 Å². The molecular weight excluding hydrogens is 433 g/mol. The van der Waals surface area contributed by atoms with Crippen LogP contribution in [0.2, 0.25) is 0 Å². The van der Waals surface area contributed by atoms with Crippen LogP contribution >= 0.6 is 0 Å². The van der Waals surface area contributed by atoms with Gasteiger partial charge in [0.2, 0.25) is 5.78 Å². The van der Waals surface area contributed by atoms with Crippen molar-refractivity contribution in [3.8, 4) is 0 Å². The van der Waals surface area contributed by atoms with E-state index in [4.69, 9.17) is 0 Å². The van der Waals surface area contributed by atoms with Gasteiger partial charge >= 0.3 is 6.18 Å². The summed E-state index contributed by atoms with van der Waals surface area (Å²) < 4.78 is 41.7. The number of hydrogen-bond donors (Lipinski definition) is 0. The zero-order chi connectivity index (χ0) is 23.2. The average Bonchev–Trinajstić information content (AvgIpc) is 3.22. The van der Waals surface area contributed by atoms with Gasteiger partial charge in [-0.25, -0.2) is 0 Å². The number of rotatable bonds is 4. The topological polar surface area (TPSA) is 58.7 Å². The molecule has 3 heterocycles. The molecule has 0 saturated carbocycles. The van der Waals surface area contributed by atoms with Crippen LogP contribution in [-0.2, 0) is 26.3 Å². The number of hydrogen-bond acceptors (Lipinski definition) is 5. The lowest BCUT2D eigenvalue weighted by atomic mass is 10.1. The zero-order valence-corrected chi connectivity index (χ0v) is 18.1. The second-order valence-corrected chi connectivity index (χ2v) is 8.38. The minimum atomic E-state index is -4.31. The summed E-state index contributed by atoms with van der Waals surface area (Å²) >= 11 is 0. The summed E-state index contributed by atoms with van der Waals surface area (Å²) in [6.45, 7) is 4.43. The number of aromatic nitrogens is 4. The Morgan fingerprint density at radius 2 is 1.52 bits per heavy atom. The van der Waals surface area contributed by atoms with Crippen molar-refractivity contribution < 1.29 is 13.2 Å². The standard InChI is InChI=1S/C23H23F3N6O/c1-29-21(33)18-4-2-3-5-19(18)32-20(27-28-22(29)32)15-31-12-10-30(11-13-31)14-16-6-8-17(9-7-16)23(24,25)26/h2-9H,10-15H2,1H3. The van der Waals surface area contributed by atoms with Crippen LogP contribution in [0, 0.1) is 0 Å². The van der Waals surface area contributed by atoms with E-state index in [2.05, 4.69) is 20.0 Å². The molecular formula is C23H23F3N6O. The molecule has 1 fully saturated rings. The van der Waals surface area contributed by atoms with Gasteiger partial charge in [-0.05, 0) is 29.8 Å². The number of benzene rings is 2. The molecule has 0 aliphatic carbocycles. The second-order valence-electron chi connectivity index (χ2n) is 8.38. The smallest absolute Gasteiger partial charge is 0.297 e. The fourth-order valence-electron chi connectivity index (χ4n) is 4.36. The van der Waals surface area contributed by atoms with Crippen LogP contribution in [0.25, 0.3) is 16.7 Å². The van der Waals surface area contributed by atoms with Crippen LogP contribution in [0.1, 0.15) is 17.0 Å². The monoisotopic (exact) mass is 456 g/mol. The van der Waals surface area contributed by atoms with Gasteiger partial charge in [-0.1, -0.05) is 24.3 Å². The van der Waals surface area contributed by atoms with Crippen molar-refractivity contribution in [1.29, 1.82) is 0 Å². The predicted molar refractivity (Wildman–Crippen MR) is 118 cm³/mol. The fourth-order valence-corrected chi connectivity index (χ4v) is 4.36. The number of halogens is 3. The Bertz CT molecular complexity index is 1350. The Morgan fingerprint density at radius 3 is 2.18 bits per heavy atom. The SMILES string of the molecule is Cn1c(=O)c2ccccc2n2c(CN3CCN(Cc4ccc(C(F)(F)F)cc4)CC3)nnc12. The largest absolute Gasteiger partial charge is 0.416 e. The minimum Gasteiger partial charge on any atom is -0.297 e. The number of piperazine rings is 1. The highest BCUT2D eigenvalue weighted by Crippen LogP contribution is 2.29. The summed E-state index contributed by atoms with van der Waals surface area (Å²) in [4.78, 5) is 17.1. The van der Waals surface area contributed by atoms with Gasteiger partial charge in [0, 0.05) is 39.8 Å². The third-order valence-corrected chi connectivity index (χ3v) is 6.21. The highest BCUT2D eigenvalue weighted by molar-refractivity contribution is 5.80. The maximum absolute atomic E-state index is 12.8. The molecule has 1 aliphatic rings. The lowest BCUT2D eigenvalue weighted by Crippen LogP contribution is -2.45. The molecule has 1 aliphatic heterocycles. The van der Waals surface area contributed by atoms with Crippen LogP contribution < -0.4 is 5.56 Å². The van der Waals surface area contributed by atoms with Crippen molar-refractivity contribution >= 4 is 16.7 Å². The van der Waals surface area contributed by atoms with Crippen molar-refractivity contribution in [3.05, 3.63) is 75.8 Å². The quantitative estimate of drug-likeness (QED) is 0.473. The van der Waals surface area contributed by atoms with E-state index in [1.165, 1.54) is 4.57 Å². The zero-order valence-electron chi connectivity index (χ0n) is 18.1. The first-order chi connectivity index (χ1) is 15.8. The Balaban J connectivity index is 1.28. The average molecular weight is 456 g/mol. The van der Waals surface area contributed by atoms with Crippen LogP contribution in [0.15, 0.2) is 53.3 Å². The van der Waals surface area contributed by atoms with Crippen LogP contribution in [0.3, 0.4) is 0 Å². The molecule has 2 aromatic heterocycles. The molecule has 0 N–H and O–H groups in total. The lowest BCUT2D eigenvalue weighted by molar-refractivity contribution is -0.137. The van der Waals surface area contributed by atoms with Gasteiger partial charge in [-0.2, -0.15) is 13.2 Å². The van der Waals surface area contributed by atoms with E-state index in [1.54, 1.807) is 25.2 Å². The molecule has 33 heavy (non-hydrogen) atoms. The first-order valence-corrected chi connectivity index (χ1v) is 10.7. The van der Waals surface area contributed by atoms with E-state index in [0.29, 0.717) is 24.3 Å². The van der Waals surface area contributed by atoms with E-state index in [1.807, 2.05) is 22.6 Å². The van der Waals surface area contributed by atoms with Gasteiger partial charge in [0.05, 0.1) is 23.0 Å².